The largest absolute Gasteiger partial charge is 0.395 e. The average Bonchev–Trinajstić information content (AvgIpc) is 1.97. The van der Waals surface area contributed by atoms with Crippen LogP contribution in [0.1, 0.15) is 40.0 Å². The molecule has 78 valence electrons. The first-order valence-electron chi connectivity index (χ1n) is 5.38. The maximum absolute atomic E-state index is 8.73. The molecule has 2 nitrogen and oxygen atoms in total. The van der Waals surface area contributed by atoms with E-state index < -0.39 is 0 Å². The number of hydrogen-bond acceptors (Lipinski definition) is 2. The van der Waals surface area contributed by atoms with Crippen molar-refractivity contribution in [2.45, 2.75) is 46.1 Å². The van der Waals surface area contributed by atoms with E-state index in [1.165, 1.54) is 19.3 Å². The molecule has 0 unspecified atom stereocenters. The van der Waals surface area contributed by atoms with E-state index in [1.807, 2.05) is 0 Å². The molecule has 13 heavy (non-hydrogen) atoms. The van der Waals surface area contributed by atoms with Crippen molar-refractivity contribution in [1.29, 1.82) is 0 Å². The molecule has 2 heteroatoms. The number of nitrogens with one attached hydrogen (secondary N) is 1. The first-order chi connectivity index (χ1) is 6.03. The molecule has 1 fully saturated rings. The van der Waals surface area contributed by atoms with Gasteiger partial charge in [0.25, 0.3) is 0 Å². The molecule has 1 rings (SSSR count). The monoisotopic (exact) mass is 185 g/mol. The highest BCUT2D eigenvalue weighted by Crippen LogP contribution is 2.38. The Labute approximate surface area is 81.7 Å². The summed E-state index contributed by atoms with van der Waals surface area (Å²) < 4.78 is 0. The van der Waals surface area contributed by atoms with Gasteiger partial charge in [-0.25, -0.2) is 0 Å². The number of hydrogen-bond donors (Lipinski definition) is 2. The normalized spacial score (nSPS) is 33.2. The third-order valence-electron chi connectivity index (χ3n) is 2.93. The van der Waals surface area contributed by atoms with Gasteiger partial charge in [0, 0.05) is 12.6 Å². The SMILES string of the molecule is C[C@@H]1C[C@H](NCCO)CC(C)(C)C1. The van der Waals surface area contributed by atoms with Crippen molar-refractivity contribution in [1.82, 2.24) is 5.32 Å². The summed E-state index contributed by atoms with van der Waals surface area (Å²) in [6.07, 6.45) is 3.85. The Kier molecular flexibility index (Phi) is 3.74. The van der Waals surface area contributed by atoms with E-state index in [9.17, 15) is 0 Å². The molecule has 0 aliphatic heterocycles. The topological polar surface area (TPSA) is 32.3 Å². The second kappa shape index (κ2) is 4.43. The maximum atomic E-state index is 8.73. The summed E-state index contributed by atoms with van der Waals surface area (Å²) in [7, 11) is 0. The molecular weight excluding hydrogens is 162 g/mol. The molecule has 1 aliphatic rings. The third kappa shape index (κ3) is 3.65. The Morgan fingerprint density at radius 3 is 2.62 bits per heavy atom. The summed E-state index contributed by atoms with van der Waals surface area (Å²) in [5.41, 5.74) is 0.477. The molecule has 0 spiro atoms. The van der Waals surface area contributed by atoms with Crippen LogP contribution in [0.4, 0.5) is 0 Å². The Hall–Kier alpha value is -0.0800. The predicted molar refractivity (Wildman–Crippen MR) is 55.7 cm³/mol. The van der Waals surface area contributed by atoms with Gasteiger partial charge in [-0.1, -0.05) is 20.8 Å². The van der Waals surface area contributed by atoms with Crippen LogP contribution in [0, 0.1) is 11.3 Å². The Bertz CT molecular complexity index is 156. The molecule has 0 aromatic rings. The van der Waals surface area contributed by atoms with Crippen molar-refractivity contribution in [3.63, 3.8) is 0 Å². The van der Waals surface area contributed by atoms with Crippen molar-refractivity contribution < 1.29 is 5.11 Å². The maximum Gasteiger partial charge on any atom is 0.0556 e. The van der Waals surface area contributed by atoms with Crippen molar-refractivity contribution in [3.05, 3.63) is 0 Å². The summed E-state index contributed by atoms with van der Waals surface area (Å²) in [4.78, 5) is 0. The average molecular weight is 185 g/mol. The van der Waals surface area contributed by atoms with Crippen LogP contribution >= 0.6 is 0 Å². The molecule has 0 heterocycles. The molecule has 0 radical (unpaired) electrons. The van der Waals surface area contributed by atoms with E-state index in [2.05, 4.69) is 26.1 Å². The van der Waals surface area contributed by atoms with Gasteiger partial charge in [-0.15, -0.1) is 0 Å². The minimum atomic E-state index is 0.255. The van der Waals surface area contributed by atoms with Gasteiger partial charge in [-0.2, -0.15) is 0 Å². The summed E-state index contributed by atoms with van der Waals surface area (Å²) in [5, 5.41) is 12.1. The van der Waals surface area contributed by atoms with E-state index in [0.29, 0.717) is 11.5 Å². The highest BCUT2D eigenvalue weighted by Gasteiger charge is 2.31. The van der Waals surface area contributed by atoms with Crippen LogP contribution in [0.25, 0.3) is 0 Å². The van der Waals surface area contributed by atoms with Gasteiger partial charge >= 0.3 is 0 Å². The lowest BCUT2D eigenvalue weighted by Gasteiger charge is -2.39. The summed E-state index contributed by atoms with van der Waals surface area (Å²) >= 11 is 0. The molecule has 0 amide bonds. The van der Waals surface area contributed by atoms with E-state index in [0.717, 1.165) is 12.5 Å². The zero-order valence-corrected chi connectivity index (χ0v) is 9.14. The van der Waals surface area contributed by atoms with E-state index >= 15 is 0 Å². The molecule has 2 N–H and O–H groups in total. The quantitative estimate of drug-likeness (QED) is 0.702. The highest BCUT2D eigenvalue weighted by atomic mass is 16.3. The number of aliphatic hydroxyl groups is 1. The summed E-state index contributed by atoms with van der Waals surface area (Å²) in [5.74, 6) is 0.819. The fourth-order valence-corrected chi connectivity index (χ4v) is 2.77. The zero-order valence-electron chi connectivity index (χ0n) is 9.14. The molecule has 0 aromatic carbocycles. The number of rotatable bonds is 3. The Morgan fingerprint density at radius 1 is 1.38 bits per heavy atom. The molecule has 1 aliphatic carbocycles. The van der Waals surface area contributed by atoms with Crippen LogP contribution in [-0.2, 0) is 0 Å². The van der Waals surface area contributed by atoms with Crippen LogP contribution < -0.4 is 5.32 Å². The van der Waals surface area contributed by atoms with Gasteiger partial charge < -0.3 is 10.4 Å². The van der Waals surface area contributed by atoms with Crippen molar-refractivity contribution in [2.75, 3.05) is 13.2 Å². The minimum Gasteiger partial charge on any atom is -0.395 e. The van der Waals surface area contributed by atoms with Gasteiger partial charge in [-0.05, 0) is 30.6 Å². The molecule has 0 saturated heterocycles. The van der Waals surface area contributed by atoms with Crippen LogP contribution in [0.3, 0.4) is 0 Å². The molecular formula is C11H23NO. The van der Waals surface area contributed by atoms with Crippen LogP contribution in [0.5, 0.6) is 0 Å². The van der Waals surface area contributed by atoms with Crippen LogP contribution in [-0.4, -0.2) is 24.3 Å². The predicted octanol–water partition coefficient (Wildman–Crippen LogP) is 1.78. The summed E-state index contributed by atoms with van der Waals surface area (Å²) in [6.45, 7) is 8.01. The minimum absolute atomic E-state index is 0.255. The zero-order chi connectivity index (χ0) is 9.90. The van der Waals surface area contributed by atoms with Gasteiger partial charge in [0.05, 0.1) is 6.61 Å². The number of aliphatic hydroxyl groups excluding tert-OH is 1. The van der Waals surface area contributed by atoms with E-state index in [4.69, 9.17) is 5.11 Å². The highest BCUT2D eigenvalue weighted by molar-refractivity contribution is 4.86. The van der Waals surface area contributed by atoms with E-state index in [1.54, 1.807) is 0 Å². The van der Waals surface area contributed by atoms with Crippen LogP contribution in [0.15, 0.2) is 0 Å². The van der Waals surface area contributed by atoms with Crippen molar-refractivity contribution in [3.8, 4) is 0 Å². The lowest BCUT2D eigenvalue weighted by atomic mass is 9.70. The Balaban J connectivity index is 2.38. The molecule has 0 aromatic heterocycles. The lowest BCUT2D eigenvalue weighted by molar-refractivity contribution is 0.146. The second-order valence-corrected chi connectivity index (χ2v) is 5.29. The molecule has 0 bridgehead atoms. The molecule has 1 saturated carbocycles. The fourth-order valence-electron chi connectivity index (χ4n) is 2.77. The van der Waals surface area contributed by atoms with Crippen molar-refractivity contribution in [2.24, 2.45) is 11.3 Å². The summed E-state index contributed by atoms with van der Waals surface area (Å²) in [6, 6.07) is 0.617. The first kappa shape index (κ1) is 11.0. The first-order valence-corrected chi connectivity index (χ1v) is 5.38. The Morgan fingerprint density at radius 2 is 2.08 bits per heavy atom. The van der Waals surface area contributed by atoms with Gasteiger partial charge in [0.2, 0.25) is 0 Å². The van der Waals surface area contributed by atoms with Gasteiger partial charge in [-0.3, -0.25) is 0 Å². The van der Waals surface area contributed by atoms with Crippen molar-refractivity contribution >= 4 is 0 Å². The third-order valence-corrected chi connectivity index (χ3v) is 2.93. The molecule has 2 atom stereocenters. The second-order valence-electron chi connectivity index (χ2n) is 5.29. The van der Waals surface area contributed by atoms with Crippen LogP contribution in [0.2, 0.25) is 0 Å². The van der Waals surface area contributed by atoms with Gasteiger partial charge in [0.1, 0.15) is 0 Å². The smallest absolute Gasteiger partial charge is 0.0556 e. The lowest BCUT2D eigenvalue weighted by Crippen LogP contribution is -2.41. The standard InChI is InChI=1S/C11H23NO/c1-9-6-10(12-4-5-13)8-11(2,3)7-9/h9-10,12-13H,4-8H2,1-3H3/t9-,10+/m1/s1. The fraction of sp³-hybridized carbons (Fsp3) is 1.00. The van der Waals surface area contributed by atoms with E-state index in [-0.39, 0.29) is 6.61 Å². The van der Waals surface area contributed by atoms with Gasteiger partial charge in [0.15, 0.2) is 0 Å².